The number of hydrogen-bond donors (Lipinski definition) is 1. The minimum absolute atomic E-state index is 0.00173. The van der Waals surface area contributed by atoms with Gasteiger partial charge < -0.3 is 19.7 Å². The predicted octanol–water partition coefficient (Wildman–Crippen LogP) is 1.98. The fourth-order valence-corrected chi connectivity index (χ4v) is 5.02. The van der Waals surface area contributed by atoms with Crippen LogP contribution in [0, 0.1) is 0 Å². The summed E-state index contributed by atoms with van der Waals surface area (Å²) in [7, 11) is -0.230. The summed E-state index contributed by atoms with van der Waals surface area (Å²) in [6.45, 7) is 2.44. The lowest BCUT2D eigenvalue weighted by Gasteiger charge is -2.35. The molecule has 9 heteroatoms. The summed E-state index contributed by atoms with van der Waals surface area (Å²) in [4.78, 5) is 14.5. The van der Waals surface area contributed by atoms with Crippen LogP contribution in [0.2, 0.25) is 0 Å². The molecule has 0 aliphatic carbocycles. The lowest BCUT2D eigenvalue weighted by Crippen LogP contribution is -2.49. The Morgan fingerprint density at radius 3 is 2.29 bits per heavy atom. The number of ether oxygens (including phenoxy) is 2. The van der Waals surface area contributed by atoms with E-state index in [9.17, 15) is 13.2 Å². The van der Waals surface area contributed by atoms with E-state index < -0.39 is 10.0 Å². The lowest BCUT2D eigenvalue weighted by atomic mass is 10.2. The maximum Gasteiger partial charge on any atom is 0.255 e. The zero-order chi connectivity index (χ0) is 22.3. The molecule has 3 rings (SSSR count). The van der Waals surface area contributed by atoms with Gasteiger partial charge in [0, 0.05) is 38.4 Å². The molecule has 1 aliphatic heterocycles. The maximum atomic E-state index is 12.7. The zero-order valence-electron chi connectivity index (χ0n) is 17.9. The van der Waals surface area contributed by atoms with Gasteiger partial charge in [-0.3, -0.25) is 4.79 Å². The van der Waals surface area contributed by atoms with Gasteiger partial charge in [-0.05, 0) is 42.8 Å². The molecular formula is C22H29N3O5S. The second kappa shape index (κ2) is 10.5. The first-order valence-corrected chi connectivity index (χ1v) is 11.8. The third-order valence-corrected chi connectivity index (χ3v) is 7.24. The van der Waals surface area contributed by atoms with Gasteiger partial charge in [-0.2, -0.15) is 4.31 Å². The number of rotatable bonds is 9. The molecule has 2 aromatic carbocycles. The number of nitrogens with zero attached hydrogens (tertiary/aromatic N) is 2. The zero-order valence-corrected chi connectivity index (χ0v) is 18.7. The summed E-state index contributed by atoms with van der Waals surface area (Å²) in [5, 5.41) is 2.77. The average Bonchev–Trinajstić information content (AvgIpc) is 2.81. The van der Waals surface area contributed by atoms with Crippen LogP contribution < -0.4 is 19.7 Å². The molecule has 1 N–H and O–H groups in total. The molecule has 1 fully saturated rings. The van der Waals surface area contributed by atoms with E-state index in [1.165, 1.54) is 11.4 Å². The number of anilines is 1. The summed E-state index contributed by atoms with van der Waals surface area (Å²) in [5.74, 6) is 1.01. The quantitative estimate of drug-likeness (QED) is 0.592. The van der Waals surface area contributed by atoms with Crippen LogP contribution in [0.4, 0.5) is 5.69 Å². The Labute approximate surface area is 183 Å². The van der Waals surface area contributed by atoms with Crippen molar-refractivity contribution in [2.45, 2.75) is 6.42 Å². The number of piperazine rings is 1. The van der Waals surface area contributed by atoms with Crippen LogP contribution >= 0.6 is 0 Å². The second-order valence-electron chi connectivity index (χ2n) is 7.21. The van der Waals surface area contributed by atoms with Crippen LogP contribution in [0.15, 0.2) is 48.5 Å². The van der Waals surface area contributed by atoms with E-state index in [0.29, 0.717) is 43.9 Å². The van der Waals surface area contributed by atoms with Crippen LogP contribution in [0.1, 0.15) is 16.8 Å². The first-order valence-electron chi connectivity index (χ1n) is 10.2. The SMILES string of the molecule is COc1ccc(N2CCN(S(=O)(=O)CCCNC(=O)c3ccccc3OC)CC2)cc1. The summed E-state index contributed by atoms with van der Waals surface area (Å²) < 4.78 is 37.3. The largest absolute Gasteiger partial charge is 0.497 e. The van der Waals surface area contributed by atoms with Gasteiger partial charge in [0.25, 0.3) is 5.91 Å². The van der Waals surface area contributed by atoms with E-state index in [2.05, 4.69) is 10.2 Å². The number of methoxy groups -OCH3 is 2. The molecular weight excluding hydrogens is 418 g/mol. The van der Waals surface area contributed by atoms with E-state index >= 15 is 0 Å². The number of sulfonamides is 1. The molecule has 0 unspecified atom stereocenters. The predicted molar refractivity (Wildman–Crippen MR) is 121 cm³/mol. The number of benzene rings is 2. The van der Waals surface area contributed by atoms with E-state index in [0.717, 1.165) is 11.4 Å². The normalized spacial score (nSPS) is 14.8. The van der Waals surface area contributed by atoms with Crippen molar-refractivity contribution in [1.82, 2.24) is 9.62 Å². The monoisotopic (exact) mass is 447 g/mol. The number of nitrogens with one attached hydrogen (secondary N) is 1. The van der Waals surface area contributed by atoms with Gasteiger partial charge in [0.15, 0.2) is 0 Å². The van der Waals surface area contributed by atoms with Gasteiger partial charge in [0.05, 0.1) is 25.5 Å². The Morgan fingerprint density at radius 1 is 0.968 bits per heavy atom. The highest BCUT2D eigenvalue weighted by Gasteiger charge is 2.26. The first kappa shape index (κ1) is 22.9. The van der Waals surface area contributed by atoms with Crippen molar-refractivity contribution in [1.29, 1.82) is 0 Å². The van der Waals surface area contributed by atoms with E-state index in [4.69, 9.17) is 9.47 Å². The van der Waals surface area contributed by atoms with Crippen LogP contribution in [0.5, 0.6) is 11.5 Å². The average molecular weight is 448 g/mol. The fourth-order valence-electron chi connectivity index (χ4n) is 3.53. The Hall–Kier alpha value is -2.78. The smallest absolute Gasteiger partial charge is 0.255 e. The van der Waals surface area contributed by atoms with Gasteiger partial charge in [-0.25, -0.2) is 8.42 Å². The van der Waals surface area contributed by atoms with Gasteiger partial charge in [0.2, 0.25) is 10.0 Å². The summed E-state index contributed by atoms with van der Waals surface area (Å²) in [5.41, 5.74) is 1.49. The molecule has 1 aliphatic rings. The van der Waals surface area contributed by atoms with E-state index in [-0.39, 0.29) is 18.2 Å². The van der Waals surface area contributed by atoms with Gasteiger partial charge >= 0.3 is 0 Å². The molecule has 0 bridgehead atoms. The van der Waals surface area contributed by atoms with E-state index in [1.54, 1.807) is 31.4 Å². The summed E-state index contributed by atoms with van der Waals surface area (Å²) in [6, 6.07) is 14.7. The minimum atomic E-state index is -3.36. The third kappa shape index (κ3) is 5.89. The molecule has 1 amide bonds. The van der Waals surface area contributed by atoms with Gasteiger partial charge in [-0.15, -0.1) is 0 Å². The molecule has 0 aromatic heterocycles. The molecule has 1 saturated heterocycles. The van der Waals surface area contributed by atoms with Crippen molar-refractivity contribution in [2.75, 3.05) is 57.6 Å². The first-order chi connectivity index (χ1) is 14.9. The second-order valence-corrected chi connectivity index (χ2v) is 9.30. The Bertz CT molecular complexity index is 971. The van der Waals surface area contributed by atoms with Crippen LogP contribution in [0.25, 0.3) is 0 Å². The number of para-hydroxylation sites is 1. The molecule has 0 saturated carbocycles. The maximum absolute atomic E-state index is 12.7. The van der Waals surface area contributed by atoms with Crippen molar-refractivity contribution in [3.63, 3.8) is 0 Å². The number of carbonyl (C=O) groups is 1. The summed E-state index contributed by atoms with van der Waals surface area (Å²) >= 11 is 0. The molecule has 8 nitrogen and oxygen atoms in total. The van der Waals surface area contributed by atoms with Crippen molar-refractivity contribution in [3.05, 3.63) is 54.1 Å². The Kier molecular flexibility index (Phi) is 7.75. The number of carbonyl (C=O) groups excluding carboxylic acids is 1. The molecule has 0 spiro atoms. The van der Waals surface area contributed by atoms with Crippen molar-refractivity contribution in [2.24, 2.45) is 0 Å². The standard InChI is InChI=1S/C22H29N3O5S/c1-29-19-10-8-18(9-11-19)24-13-15-25(16-14-24)31(27,28)17-5-12-23-22(26)20-6-3-4-7-21(20)30-2/h3-4,6-11H,5,12-17H2,1-2H3,(H,23,26). The van der Waals surface area contributed by atoms with Crippen LogP contribution in [0.3, 0.4) is 0 Å². The molecule has 2 aromatic rings. The minimum Gasteiger partial charge on any atom is -0.497 e. The third-order valence-electron chi connectivity index (χ3n) is 5.29. The number of amides is 1. The molecule has 168 valence electrons. The molecule has 0 radical (unpaired) electrons. The van der Waals surface area contributed by atoms with Crippen LogP contribution in [-0.2, 0) is 10.0 Å². The Morgan fingerprint density at radius 2 is 1.65 bits per heavy atom. The topological polar surface area (TPSA) is 88.2 Å². The number of hydrogen-bond acceptors (Lipinski definition) is 6. The summed E-state index contributed by atoms with van der Waals surface area (Å²) in [6.07, 6.45) is 0.349. The van der Waals surface area contributed by atoms with E-state index in [1.807, 2.05) is 24.3 Å². The van der Waals surface area contributed by atoms with Gasteiger partial charge in [0.1, 0.15) is 11.5 Å². The highest BCUT2D eigenvalue weighted by Crippen LogP contribution is 2.21. The van der Waals surface area contributed by atoms with Crippen molar-refractivity contribution >= 4 is 21.6 Å². The highest BCUT2D eigenvalue weighted by atomic mass is 32.2. The Balaban J connectivity index is 1.44. The van der Waals surface area contributed by atoms with Crippen LogP contribution in [-0.4, -0.2) is 71.3 Å². The molecule has 31 heavy (non-hydrogen) atoms. The van der Waals surface area contributed by atoms with Crippen molar-refractivity contribution < 1.29 is 22.7 Å². The molecule has 1 heterocycles. The fraction of sp³-hybridized carbons (Fsp3) is 0.409. The van der Waals surface area contributed by atoms with Crippen molar-refractivity contribution in [3.8, 4) is 11.5 Å². The lowest BCUT2D eigenvalue weighted by molar-refractivity contribution is 0.0950. The highest BCUT2D eigenvalue weighted by molar-refractivity contribution is 7.89. The van der Waals surface area contributed by atoms with Gasteiger partial charge in [-0.1, -0.05) is 12.1 Å². The molecule has 0 atom stereocenters.